The highest BCUT2D eigenvalue weighted by atomic mass is 32.2. The summed E-state index contributed by atoms with van der Waals surface area (Å²) < 4.78 is 16.0. The van der Waals surface area contributed by atoms with Gasteiger partial charge in [0.2, 0.25) is 5.75 Å². The zero-order valence-corrected chi connectivity index (χ0v) is 18.3. The molecule has 1 spiro atoms. The Morgan fingerprint density at radius 1 is 1.16 bits per heavy atom. The van der Waals surface area contributed by atoms with Crippen LogP contribution in [-0.4, -0.2) is 39.0 Å². The van der Waals surface area contributed by atoms with Crippen molar-refractivity contribution >= 4 is 29.6 Å². The van der Waals surface area contributed by atoms with Gasteiger partial charge in [-0.2, -0.15) is 0 Å². The molecule has 0 aromatic heterocycles. The van der Waals surface area contributed by atoms with E-state index < -0.39 is 0 Å². The van der Waals surface area contributed by atoms with E-state index in [-0.39, 0.29) is 16.8 Å². The number of aliphatic imine (C=N–C) groups is 1. The van der Waals surface area contributed by atoms with Crippen LogP contribution in [-0.2, 0) is 0 Å². The summed E-state index contributed by atoms with van der Waals surface area (Å²) in [5, 5.41) is 6.87. The fourth-order valence-electron chi connectivity index (χ4n) is 4.19. The molecule has 2 heterocycles. The fourth-order valence-corrected chi connectivity index (χ4v) is 5.62. The average Bonchev–Trinajstić information content (AvgIpc) is 3.40. The third kappa shape index (κ3) is 3.36. The maximum Gasteiger partial charge on any atom is 0.255 e. The van der Waals surface area contributed by atoms with Crippen LogP contribution < -0.4 is 24.8 Å². The number of methoxy groups -OCH3 is 3. The van der Waals surface area contributed by atoms with Crippen molar-refractivity contribution in [2.24, 2.45) is 10.9 Å². The van der Waals surface area contributed by atoms with E-state index in [4.69, 9.17) is 14.2 Å². The number of nitrogens with one attached hydrogen (secondary N) is 2. The molecule has 7 nitrogen and oxygen atoms in total. The largest absolute Gasteiger partial charge is 0.493 e. The third-order valence-electron chi connectivity index (χ3n) is 5.92. The van der Waals surface area contributed by atoms with E-state index in [1.54, 1.807) is 23.9 Å². The smallest absolute Gasteiger partial charge is 0.255 e. The molecule has 3 atom stereocenters. The minimum atomic E-state index is -0.255. The first-order valence-corrected chi connectivity index (χ1v) is 10.9. The highest BCUT2D eigenvalue weighted by Crippen LogP contribution is 2.61. The normalized spacial score (nSPS) is 25.2. The second-order valence-corrected chi connectivity index (χ2v) is 8.86. The van der Waals surface area contributed by atoms with Gasteiger partial charge in [-0.05, 0) is 36.2 Å². The standard InChI is InChI=1S/C23H23N3O4S/c1-28-17-8-14(9-18(29-2)20(17)30-3)21(27)25-16-6-4-5-13(7-16)22-26-23-10-15(23)11-24-12-19(23)31-22/h4-9,11-12,15,22,26H,10H2,1-3H3,(H,25,27). The summed E-state index contributed by atoms with van der Waals surface area (Å²) in [6, 6.07) is 11.2. The maximum absolute atomic E-state index is 12.9. The number of anilines is 1. The van der Waals surface area contributed by atoms with Crippen molar-refractivity contribution in [1.82, 2.24) is 5.32 Å². The van der Waals surface area contributed by atoms with Crippen LogP contribution in [0.1, 0.15) is 27.7 Å². The highest BCUT2D eigenvalue weighted by molar-refractivity contribution is 8.03. The average molecular weight is 438 g/mol. The molecule has 31 heavy (non-hydrogen) atoms. The third-order valence-corrected chi connectivity index (χ3v) is 7.27. The molecule has 0 bridgehead atoms. The van der Waals surface area contributed by atoms with Crippen molar-refractivity contribution in [3.8, 4) is 17.2 Å². The summed E-state index contributed by atoms with van der Waals surface area (Å²) in [4.78, 5) is 18.6. The Hall–Kier alpha value is -2.97. The SMILES string of the molecule is COc1cc(C(=O)Nc2cccc(C3NC45CC4C=NC=C5S3)c2)cc(OC)c1OC. The summed E-state index contributed by atoms with van der Waals surface area (Å²) >= 11 is 1.80. The van der Waals surface area contributed by atoms with Gasteiger partial charge >= 0.3 is 0 Å². The number of ether oxygens (including phenoxy) is 3. The Labute approximate surface area is 184 Å². The summed E-state index contributed by atoms with van der Waals surface area (Å²) in [5.41, 5.74) is 2.33. The van der Waals surface area contributed by atoms with Crippen LogP contribution in [0, 0.1) is 5.92 Å². The van der Waals surface area contributed by atoms with Crippen molar-refractivity contribution in [2.45, 2.75) is 17.3 Å². The van der Waals surface area contributed by atoms with E-state index in [1.807, 2.05) is 30.6 Å². The second-order valence-electron chi connectivity index (χ2n) is 7.71. The minimum Gasteiger partial charge on any atom is -0.493 e. The first-order chi connectivity index (χ1) is 15.1. The van der Waals surface area contributed by atoms with Gasteiger partial charge in [0.15, 0.2) is 11.5 Å². The van der Waals surface area contributed by atoms with Crippen molar-refractivity contribution in [3.05, 3.63) is 58.6 Å². The predicted octanol–water partition coefficient (Wildman–Crippen LogP) is 3.98. The van der Waals surface area contributed by atoms with E-state index in [0.717, 1.165) is 17.7 Å². The first-order valence-electron chi connectivity index (χ1n) is 9.97. The lowest BCUT2D eigenvalue weighted by Crippen LogP contribution is -2.30. The van der Waals surface area contributed by atoms with Gasteiger partial charge in [-0.15, -0.1) is 11.8 Å². The molecule has 1 amide bonds. The summed E-state index contributed by atoms with van der Waals surface area (Å²) in [6.45, 7) is 0. The van der Waals surface area contributed by atoms with Crippen LogP contribution >= 0.6 is 11.8 Å². The fraction of sp³-hybridized carbons (Fsp3) is 0.304. The Morgan fingerprint density at radius 3 is 2.61 bits per heavy atom. The maximum atomic E-state index is 12.9. The van der Waals surface area contributed by atoms with E-state index in [1.165, 1.54) is 26.2 Å². The van der Waals surface area contributed by atoms with Gasteiger partial charge in [0.25, 0.3) is 5.91 Å². The van der Waals surface area contributed by atoms with E-state index in [9.17, 15) is 4.79 Å². The Morgan fingerprint density at radius 2 is 1.94 bits per heavy atom. The zero-order chi connectivity index (χ0) is 21.6. The van der Waals surface area contributed by atoms with Crippen LogP contribution in [0.2, 0.25) is 0 Å². The van der Waals surface area contributed by atoms with Crippen molar-refractivity contribution in [3.63, 3.8) is 0 Å². The zero-order valence-electron chi connectivity index (χ0n) is 17.5. The molecule has 8 heteroatoms. The predicted molar refractivity (Wildman–Crippen MR) is 121 cm³/mol. The van der Waals surface area contributed by atoms with Gasteiger partial charge in [0.05, 0.1) is 32.2 Å². The minimum absolute atomic E-state index is 0.0759. The van der Waals surface area contributed by atoms with Gasteiger partial charge in [-0.3, -0.25) is 15.1 Å². The lowest BCUT2D eigenvalue weighted by Gasteiger charge is -2.16. The molecule has 1 saturated carbocycles. The molecule has 3 unspecified atom stereocenters. The van der Waals surface area contributed by atoms with Crippen molar-refractivity contribution < 1.29 is 19.0 Å². The molecular formula is C23H23N3O4S. The molecule has 2 N–H and O–H groups in total. The Balaban J connectivity index is 1.35. The molecule has 2 aliphatic heterocycles. The Bertz CT molecular complexity index is 1090. The number of hydrogen-bond donors (Lipinski definition) is 2. The molecule has 5 rings (SSSR count). The number of benzene rings is 2. The van der Waals surface area contributed by atoms with Gasteiger partial charge in [0.1, 0.15) is 0 Å². The van der Waals surface area contributed by atoms with Gasteiger partial charge in [-0.1, -0.05) is 12.1 Å². The number of nitrogens with zero attached hydrogens (tertiary/aromatic N) is 1. The van der Waals surface area contributed by atoms with Crippen LogP contribution in [0.25, 0.3) is 0 Å². The van der Waals surface area contributed by atoms with Crippen LogP contribution in [0.5, 0.6) is 17.2 Å². The van der Waals surface area contributed by atoms with Crippen LogP contribution in [0.4, 0.5) is 5.69 Å². The first kappa shape index (κ1) is 20.0. The van der Waals surface area contributed by atoms with E-state index in [2.05, 4.69) is 21.7 Å². The lowest BCUT2D eigenvalue weighted by atomic mass is 10.1. The number of carbonyl (C=O) groups excluding carboxylic acids is 1. The summed E-state index contributed by atoms with van der Waals surface area (Å²) in [5.74, 6) is 1.56. The van der Waals surface area contributed by atoms with Gasteiger partial charge < -0.3 is 19.5 Å². The molecule has 2 aromatic rings. The molecule has 1 aliphatic carbocycles. The lowest BCUT2D eigenvalue weighted by molar-refractivity contribution is 0.102. The monoisotopic (exact) mass is 437 g/mol. The second kappa shape index (κ2) is 7.62. The molecule has 2 aromatic carbocycles. The summed E-state index contributed by atoms with van der Waals surface area (Å²) in [7, 11) is 4.58. The van der Waals surface area contributed by atoms with Crippen LogP contribution in [0.3, 0.4) is 0 Å². The number of carbonyl (C=O) groups is 1. The molecular weight excluding hydrogens is 414 g/mol. The quantitative estimate of drug-likeness (QED) is 0.711. The molecule has 160 valence electrons. The summed E-state index contributed by atoms with van der Waals surface area (Å²) in [6.07, 6.45) is 5.11. The van der Waals surface area contributed by atoms with Gasteiger partial charge in [0, 0.05) is 34.5 Å². The number of hydrogen-bond acceptors (Lipinski definition) is 7. The molecule has 1 saturated heterocycles. The van der Waals surface area contributed by atoms with Crippen molar-refractivity contribution in [1.29, 1.82) is 0 Å². The van der Waals surface area contributed by atoms with Crippen molar-refractivity contribution in [2.75, 3.05) is 26.6 Å². The van der Waals surface area contributed by atoms with E-state index >= 15 is 0 Å². The van der Waals surface area contributed by atoms with Crippen LogP contribution in [0.15, 0.2) is 52.5 Å². The highest BCUT2D eigenvalue weighted by Gasteiger charge is 2.61. The Kier molecular flexibility index (Phi) is 4.91. The number of thioether (sulfide) groups is 1. The number of amides is 1. The van der Waals surface area contributed by atoms with Gasteiger partial charge in [-0.25, -0.2) is 0 Å². The number of rotatable bonds is 6. The van der Waals surface area contributed by atoms with E-state index in [0.29, 0.717) is 28.7 Å². The molecule has 2 fully saturated rings. The molecule has 3 aliphatic rings. The topological polar surface area (TPSA) is 81.2 Å². The molecule has 0 radical (unpaired) electrons.